The summed E-state index contributed by atoms with van der Waals surface area (Å²) in [5.41, 5.74) is 0.180. The van der Waals surface area contributed by atoms with Crippen molar-refractivity contribution in [2.45, 2.75) is 44.1 Å². The Labute approximate surface area is 123 Å². The van der Waals surface area contributed by atoms with Crippen LogP contribution in [-0.2, 0) is 16.0 Å². The van der Waals surface area contributed by atoms with Gasteiger partial charge in [0, 0.05) is 5.02 Å². The number of carbonyl (C=O) groups excluding carboxylic acids is 1. The molecule has 1 amide bonds. The molecule has 0 bridgehead atoms. The average Bonchev–Trinajstić information content (AvgIpc) is 2.79. The van der Waals surface area contributed by atoms with Gasteiger partial charge >= 0.3 is 5.97 Å². The molecule has 0 unspecified atom stereocenters. The SMILES string of the molecule is O=C(O)CC1(NC(=O)Cc2ccccc2Cl)CCCC1. The monoisotopic (exact) mass is 295 g/mol. The van der Waals surface area contributed by atoms with Crippen LogP contribution in [0.1, 0.15) is 37.7 Å². The molecule has 5 heteroatoms. The Balaban J connectivity index is 2.02. The third kappa shape index (κ3) is 3.73. The molecule has 0 atom stereocenters. The van der Waals surface area contributed by atoms with Crippen LogP contribution < -0.4 is 5.32 Å². The van der Waals surface area contributed by atoms with Crippen molar-refractivity contribution in [3.63, 3.8) is 0 Å². The highest BCUT2D eigenvalue weighted by molar-refractivity contribution is 6.31. The van der Waals surface area contributed by atoms with Crippen LogP contribution in [0.4, 0.5) is 0 Å². The number of carboxylic acid groups (broad SMARTS) is 1. The summed E-state index contributed by atoms with van der Waals surface area (Å²) in [5.74, 6) is -1.04. The molecule has 0 heterocycles. The van der Waals surface area contributed by atoms with E-state index in [2.05, 4.69) is 5.32 Å². The summed E-state index contributed by atoms with van der Waals surface area (Å²) >= 11 is 6.03. The summed E-state index contributed by atoms with van der Waals surface area (Å²) in [6, 6.07) is 7.19. The van der Waals surface area contributed by atoms with Gasteiger partial charge in [0.2, 0.25) is 5.91 Å². The molecule has 0 saturated heterocycles. The summed E-state index contributed by atoms with van der Waals surface area (Å²) in [5, 5.41) is 12.5. The molecule has 0 radical (unpaired) electrons. The normalized spacial score (nSPS) is 16.9. The van der Waals surface area contributed by atoms with Gasteiger partial charge in [0.25, 0.3) is 0 Å². The van der Waals surface area contributed by atoms with Gasteiger partial charge in [-0.15, -0.1) is 0 Å². The Morgan fingerprint density at radius 3 is 2.50 bits per heavy atom. The zero-order chi connectivity index (χ0) is 14.6. The van der Waals surface area contributed by atoms with Gasteiger partial charge in [-0.25, -0.2) is 0 Å². The summed E-state index contributed by atoms with van der Waals surface area (Å²) in [7, 11) is 0. The first-order valence-electron chi connectivity index (χ1n) is 6.77. The highest BCUT2D eigenvalue weighted by Gasteiger charge is 2.37. The molecule has 1 saturated carbocycles. The van der Waals surface area contributed by atoms with Gasteiger partial charge in [-0.1, -0.05) is 42.6 Å². The molecule has 1 fully saturated rings. The second kappa shape index (κ2) is 6.27. The topological polar surface area (TPSA) is 66.4 Å². The summed E-state index contributed by atoms with van der Waals surface area (Å²) < 4.78 is 0. The lowest BCUT2D eigenvalue weighted by Gasteiger charge is -2.28. The Kier molecular flexibility index (Phi) is 4.65. The molecule has 0 aromatic heterocycles. The molecule has 2 N–H and O–H groups in total. The van der Waals surface area contributed by atoms with Gasteiger partial charge in [-0.05, 0) is 24.5 Å². The second-order valence-corrected chi connectivity index (χ2v) is 5.78. The van der Waals surface area contributed by atoms with Gasteiger partial charge in [-0.3, -0.25) is 9.59 Å². The number of nitrogens with one attached hydrogen (secondary N) is 1. The maximum Gasteiger partial charge on any atom is 0.305 e. The lowest BCUT2D eigenvalue weighted by atomic mass is 9.92. The molecule has 0 spiro atoms. The minimum Gasteiger partial charge on any atom is -0.481 e. The van der Waals surface area contributed by atoms with E-state index in [9.17, 15) is 9.59 Å². The molecule has 4 nitrogen and oxygen atoms in total. The fraction of sp³-hybridized carbons (Fsp3) is 0.467. The number of amides is 1. The number of carboxylic acids is 1. The van der Waals surface area contributed by atoms with Crippen molar-refractivity contribution >= 4 is 23.5 Å². The van der Waals surface area contributed by atoms with Gasteiger partial charge in [0.1, 0.15) is 0 Å². The fourth-order valence-electron chi connectivity index (χ4n) is 2.84. The van der Waals surface area contributed by atoms with Crippen molar-refractivity contribution in [2.75, 3.05) is 0 Å². The van der Waals surface area contributed by atoms with Crippen LogP contribution >= 0.6 is 11.6 Å². The van der Waals surface area contributed by atoms with E-state index in [1.165, 1.54) is 0 Å². The third-order valence-electron chi connectivity index (χ3n) is 3.76. The Morgan fingerprint density at radius 1 is 1.25 bits per heavy atom. The standard InChI is InChI=1S/C15H18ClNO3/c16-12-6-2-1-5-11(12)9-13(18)17-15(10-14(19)20)7-3-4-8-15/h1-2,5-6H,3-4,7-10H2,(H,17,18)(H,19,20). The fourth-order valence-corrected chi connectivity index (χ4v) is 3.04. The number of aliphatic carboxylic acids is 1. The number of rotatable bonds is 5. The van der Waals surface area contributed by atoms with E-state index < -0.39 is 11.5 Å². The average molecular weight is 296 g/mol. The van der Waals surface area contributed by atoms with E-state index in [-0.39, 0.29) is 18.7 Å². The smallest absolute Gasteiger partial charge is 0.305 e. The highest BCUT2D eigenvalue weighted by atomic mass is 35.5. The summed E-state index contributed by atoms with van der Waals surface area (Å²) in [4.78, 5) is 23.1. The van der Waals surface area contributed by atoms with E-state index in [0.29, 0.717) is 5.02 Å². The highest BCUT2D eigenvalue weighted by Crippen LogP contribution is 2.32. The summed E-state index contributed by atoms with van der Waals surface area (Å²) in [6.07, 6.45) is 3.54. The Morgan fingerprint density at radius 2 is 1.90 bits per heavy atom. The molecule has 1 aliphatic carbocycles. The zero-order valence-electron chi connectivity index (χ0n) is 11.2. The lowest BCUT2D eigenvalue weighted by molar-refractivity contribution is -0.139. The zero-order valence-corrected chi connectivity index (χ0v) is 11.9. The predicted octanol–water partition coefficient (Wildman–Crippen LogP) is 2.79. The minimum absolute atomic E-state index is 0.0126. The van der Waals surface area contributed by atoms with Gasteiger partial charge in [0.15, 0.2) is 0 Å². The maximum absolute atomic E-state index is 12.1. The van der Waals surface area contributed by atoms with Crippen molar-refractivity contribution in [3.05, 3.63) is 34.9 Å². The molecule has 1 aromatic carbocycles. The van der Waals surface area contributed by atoms with Crippen LogP contribution in [0, 0.1) is 0 Å². The molecule has 108 valence electrons. The molecule has 0 aliphatic heterocycles. The maximum atomic E-state index is 12.1. The molecule has 2 rings (SSSR count). The Bertz CT molecular complexity index is 510. The first kappa shape index (κ1) is 14.9. The van der Waals surface area contributed by atoms with Crippen LogP contribution in [0.2, 0.25) is 5.02 Å². The number of hydrogen-bond donors (Lipinski definition) is 2. The molecule has 20 heavy (non-hydrogen) atoms. The van der Waals surface area contributed by atoms with Crippen molar-refractivity contribution in [1.82, 2.24) is 5.32 Å². The van der Waals surface area contributed by atoms with E-state index in [1.54, 1.807) is 12.1 Å². The summed E-state index contributed by atoms with van der Waals surface area (Å²) in [6.45, 7) is 0. The lowest BCUT2D eigenvalue weighted by Crippen LogP contribution is -2.48. The van der Waals surface area contributed by atoms with Crippen molar-refractivity contribution in [1.29, 1.82) is 0 Å². The molecule has 1 aliphatic rings. The first-order chi connectivity index (χ1) is 9.51. The van der Waals surface area contributed by atoms with Gasteiger partial charge in [-0.2, -0.15) is 0 Å². The van der Waals surface area contributed by atoms with Crippen molar-refractivity contribution < 1.29 is 14.7 Å². The molecule has 1 aromatic rings. The van der Waals surface area contributed by atoms with Crippen molar-refractivity contribution in [2.24, 2.45) is 0 Å². The predicted molar refractivity (Wildman–Crippen MR) is 76.8 cm³/mol. The minimum atomic E-state index is -0.870. The largest absolute Gasteiger partial charge is 0.481 e. The van der Waals surface area contributed by atoms with Gasteiger partial charge in [0.05, 0.1) is 18.4 Å². The third-order valence-corrected chi connectivity index (χ3v) is 4.13. The second-order valence-electron chi connectivity index (χ2n) is 5.37. The van der Waals surface area contributed by atoms with Crippen LogP contribution in [0.15, 0.2) is 24.3 Å². The van der Waals surface area contributed by atoms with Gasteiger partial charge < -0.3 is 10.4 Å². The first-order valence-corrected chi connectivity index (χ1v) is 7.15. The van der Waals surface area contributed by atoms with Crippen LogP contribution in [0.5, 0.6) is 0 Å². The van der Waals surface area contributed by atoms with Crippen LogP contribution in [0.3, 0.4) is 0 Å². The van der Waals surface area contributed by atoms with E-state index in [4.69, 9.17) is 16.7 Å². The number of benzene rings is 1. The van der Waals surface area contributed by atoms with E-state index in [0.717, 1.165) is 31.2 Å². The Hall–Kier alpha value is -1.55. The van der Waals surface area contributed by atoms with Crippen LogP contribution in [0.25, 0.3) is 0 Å². The number of hydrogen-bond acceptors (Lipinski definition) is 2. The van der Waals surface area contributed by atoms with E-state index >= 15 is 0 Å². The molecular formula is C15H18ClNO3. The quantitative estimate of drug-likeness (QED) is 0.878. The number of carbonyl (C=O) groups is 2. The van der Waals surface area contributed by atoms with Crippen molar-refractivity contribution in [3.8, 4) is 0 Å². The number of halogens is 1. The van der Waals surface area contributed by atoms with E-state index in [1.807, 2.05) is 12.1 Å². The molecular weight excluding hydrogens is 278 g/mol. The van der Waals surface area contributed by atoms with Crippen LogP contribution in [-0.4, -0.2) is 22.5 Å².